The van der Waals surface area contributed by atoms with Crippen LogP contribution in [-0.4, -0.2) is 28.8 Å². The Hall–Kier alpha value is -2.11. The zero-order valence-electron chi connectivity index (χ0n) is 12.2. The first-order chi connectivity index (χ1) is 10.0. The van der Waals surface area contributed by atoms with E-state index in [1.807, 2.05) is 0 Å². The molecule has 0 aromatic heterocycles. The van der Waals surface area contributed by atoms with E-state index in [-0.39, 0.29) is 23.3 Å². The average Bonchev–Trinajstić information content (AvgIpc) is 2.75. The largest absolute Gasteiger partial charge is 0.393 e. The van der Waals surface area contributed by atoms with Crippen molar-refractivity contribution in [2.75, 3.05) is 12.8 Å². The number of nitro groups is 1. The van der Waals surface area contributed by atoms with Crippen LogP contribution in [0.1, 0.15) is 48.9 Å². The molecule has 0 spiro atoms. The fourth-order valence-corrected chi connectivity index (χ4v) is 2.85. The number of nitrogen functional groups attached to an aromatic ring is 1. The molecular weight excluding hydrogens is 270 g/mol. The first-order valence-electron chi connectivity index (χ1n) is 7.32. The highest BCUT2D eigenvalue weighted by molar-refractivity contribution is 5.95. The Labute approximate surface area is 124 Å². The van der Waals surface area contributed by atoms with Crippen molar-refractivity contribution in [2.24, 2.45) is 0 Å². The molecule has 1 aliphatic carbocycles. The molecule has 1 aliphatic rings. The van der Waals surface area contributed by atoms with Gasteiger partial charge in [0.15, 0.2) is 0 Å². The van der Waals surface area contributed by atoms with Crippen LogP contribution in [0.25, 0.3) is 0 Å². The first-order valence-corrected chi connectivity index (χ1v) is 7.32. The van der Waals surface area contributed by atoms with Crippen LogP contribution < -0.4 is 5.73 Å². The lowest BCUT2D eigenvalue weighted by Crippen LogP contribution is -2.36. The van der Waals surface area contributed by atoms with E-state index in [0.717, 1.165) is 25.7 Å². The summed E-state index contributed by atoms with van der Waals surface area (Å²) in [5, 5.41) is 10.9. The molecule has 0 aliphatic heterocycles. The highest BCUT2D eigenvalue weighted by atomic mass is 16.6. The third-order valence-corrected chi connectivity index (χ3v) is 4.17. The minimum atomic E-state index is -0.558. The molecule has 114 valence electrons. The summed E-state index contributed by atoms with van der Waals surface area (Å²) in [6.45, 7) is 0. The molecule has 6 heteroatoms. The SMILES string of the molecule is CN(C(=O)c1ccc(N)c([N+](=O)[O-])c1)C1CCCCCC1. The number of rotatable bonds is 3. The van der Waals surface area contributed by atoms with E-state index in [4.69, 9.17) is 5.73 Å². The zero-order valence-corrected chi connectivity index (χ0v) is 12.2. The van der Waals surface area contributed by atoms with Crippen LogP contribution in [-0.2, 0) is 0 Å². The van der Waals surface area contributed by atoms with Crippen molar-refractivity contribution in [3.63, 3.8) is 0 Å². The Morgan fingerprint density at radius 3 is 2.48 bits per heavy atom. The number of amides is 1. The molecular formula is C15H21N3O3. The number of benzene rings is 1. The summed E-state index contributed by atoms with van der Waals surface area (Å²) >= 11 is 0. The van der Waals surface area contributed by atoms with Crippen molar-refractivity contribution in [1.29, 1.82) is 0 Å². The van der Waals surface area contributed by atoms with Gasteiger partial charge in [-0.2, -0.15) is 0 Å². The monoisotopic (exact) mass is 291 g/mol. The van der Waals surface area contributed by atoms with Gasteiger partial charge in [-0.15, -0.1) is 0 Å². The van der Waals surface area contributed by atoms with Gasteiger partial charge in [-0.1, -0.05) is 25.7 Å². The number of hydrogen-bond donors (Lipinski definition) is 1. The molecule has 21 heavy (non-hydrogen) atoms. The summed E-state index contributed by atoms with van der Waals surface area (Å²) in [5.41, 5.74) is 5.75. The Bertz CT molecular complexity index is 537. The van der Waals surface area contributed by atoms with Gasteiger partial charge in [0.25, 0.3) is 11.6 Å². The molecule has 1 aromatic carbocycles. The van der Waals surface area contributed by atoms with Gasteiger partial charge < -0.3 is 10.6 Å². The minimum absolute atomic E-state index is 0.0775. The highest BCUT2D eigenvalue weighted by Gasteiger charge is 2.24. The fourth-order valence-electron chi connectivity index (χ4n) is 2.85. The standard InChI is InChI=1S/C15H21N3O3/c1-17(12-6-4-2-3-5-7-12)15(19)11-8-9-13(16)14(10-11)18(20)21/h8-10,12H,2-7,16H2,1H3. The third kappa shape index (κ3) is 3.51. The van der Waals surface area contributed by atoms with Crippen LogP contribution >= 0.6 is 0 Å². The van der Waals surface area contributed by atoms with Gasteiger partial charge in [0.2, 0.25) is 0 Å². The van der Waals surface area contributed by atoms with E-state index in [1.54, 1.807) is 18.0 Å². The van der Waals surface area contributed by atoms with Crippen LogP contribution in [0.5, 0.6) is 0 Å². The molecule has 0 heterocycles. The second kappa shape index (κ2) is 6.56. The van der Waals surface area contributed by atoms with Crippen LogP contribution in [0.4, 0.5) is 11.4 Å². The van der Waals surface area contributed by atoms with E-state index in [1.165, 1.54) is 25.0 Å². The molecule has 0 bridgehead atoms. The number of carbonyl (C=O) groups is 1. The molecule has 1 amide bonds. The van der Waals surface area contributed by atoms with Crippen molar-refractivity contribution in [3.8, 4) is 0 Å². The summed E-state index contributed by atoms with van der Waals surface area (Å²) in [5.74, 6) is -0.176. The number of anilines is 1. The van der Waals surface area contributed by atoms with Crippen molar-refractivity contribution in [1.82, 2.24) is 4.90 Å². The molecule has 2 rings (SSSR count). The van der Waals surface area contributed by atoms with E-state index in [0.29, 0.717) is 5.56 Å². The molecule has 0 saturated heterocycles. The van der Waals surface area contributed by atoms with E-state index in [9.17, 15) is 14.9 Å². The predicted molar refractivity (Wildman–Crippen MR) is 81.1 cm³/mol. The predicted octanol–water partition coefficient (Wildman–Crippen LogP) is 2.97. The normalized spacial score (nSPS) is 16.2. The number of nitrogens with zero attached hydrogens (tertiary/aromatic N) is 2. The summed E-state index contributed by atoms with van der Waals surface area (Å²) in [4.78, 5) is 24.6. The second-order valence-corrected chi connectivity index (χ2v) is 5.59. The van der Waals surface area contributed by atoms with Gasteiger partial charge in [0, 0.05) is 24.7 Å². The minimum Gasteiger partial charge on any atom is -0.393 e. The Balaban J connectivity index is 2.18. The van der Waals surface area contributed by atoms with Crippen molar-refractivity contribution < 1.29 is 9.72 Å². The topological polar surface area (TPSA) is 89.5 Å². The quantitative estimate of drug-likeness (QED) is 0.401. The van der Waals surface area contributed by atoms with Crippen molar-refractivity contribution in [2.45, 2.75) is 44.6 Å². The zero-order chi connectivity index (χ0) is 15.4. The summed E-state index contributed by atoms with van der Waals surface area (Å²) in [6, 6.07) is 4.46. The van der Waals surface area contributed by atoms with Gasteiger partial charge in [-0.3, -0.25) is 14.9 Å². The van der Waals surface area contributed by atoms with Gasteiger partial charge in [0.05, 0.1) is 4.92 Å². The van der Waals surface area contributed by atoms with Crippen LogP contribution in [0, 0.1) is 10.1 Å². The third-order valence-electron chi connectivity index (χ3n) is 4.17. The van der Waals surface area contributed by atoms with Gasteiger partial charge in [-0.25, -0.2) is 0 Å². The molecule has 2 N–H and O–H groups in total. The maximum absolute atomic E-state index is 12.5. The van der Waals surface area contributed by atoms with Gasteiger partial charge >= 0.3 is 0 Å². The first kappa shape index (κ1) is 15.3. The molecule has 1 fully saturated rings. The maximum Gasteiger partial charge on any atom is 0.292 e. The van der Waals surface area contributed by atoms with E-state index in [2.05, 4.69) is 0 Å². The summed E-state index contributed by atoms with van der Waals surface area (Å²) in [6.07, 6.45) is 6.69. The van der Waals surface area contributed by atoms with Crippen molar-refractivity contribution >= 4 is 17.3 Å². The fraction of sp³-hybridized carbons (Fsp3) is 0.533. The molecule has 0 unspecified atom stereocenters. The average molecular weight is 291 g/mol. The van der Waals surface area contributed by atoms with Crippen LogP contribution in [0.3, 0.4) is 0 Å². The molecule has 0 radical (unpaired) electrons. The smallest absolute Gasteiger partial charge is 0.292 e. The lowest BCUT2D eigenvalue weighted by molar-refractivity contribution is -0.383. The maximum atomic E-state index is 12.5. The lowest BCUT2D eigenvalue weighted by atomic mass is 10.1. The van der Waals surface area contributed by atoms with Gasteiger partial charge in [0.1, 0.15) is 5.69 Å². The molecule has 0 atom stereocenters. The van der Waals surface area contributed by atoms with E-state index >= 15 is 0 Å². The van der Waals surface area contributed by atoms with Crippen LogP contribution in [0.2, 0.25) is 0 Å². The molecule has 1 aromatic rings. The number of hydrogen-bond acceptors (Lipinski definition) is 4. The lowest BCUT2D eigenvalue weighted by Gasteiger charge is -2.27. The Morgan fingerprint density at radius 1 is 1.29 bits per heavy atom. The number of nitro benzene ring substituents is 1. The molecule has 1 saturated carbocycles. The number of carbonyl (C=O) groups excluding carboxylic acids is 1. The summed E-state index contributed by atoms with van der Waals surface area (Å²) < 4.78 is 0. The second-order valence-electron chi connectivity index (χ2n) is 5.59. The highest BCUT2D eigenvalue weighted by Crippen LogP contribution is 2.25. The van der Waals surface area contributed by atoms with Gasteiger partial charge in [-0.05, 0) is 25.0 Å². The Morgan fingerprint density at radius 2 is 1.90 bits per heavy atom. The molecule has 6 nitrogen and oxygen atoms in total. The summed E-state index contributed by atoms with van der Waals surface area (Å²) in [7, 11) is 1.78. The van der Waals surface area contributed by atoms with Crippen LogP contribution in [0.15, 0.2) is 18.2 Å². The Kier molecular flexibility index (Phi) is 4.77. The van der Waals surface area contributed by atoms with E-state index < -0.39 is 4.92 Å². The van der Waals surface area contributed by atoms with Crippen molar-refractivity contribution in [3.05, 3.63) is 33.9 Å². The number of nitrogens with two attached hydrogens (primary N) is 1.